The highest BCUT2D eigenvalue weighted by Gasteiger charge is 2.28. The minimum Gasteiger partial charge on any atom is -0.348 e. The second-order valence-electron chi connectivity index (χ2n) is 7.96. The van der Waals surface area contributed by atoms with Gasteiger partial charge in [0.05, 0.1) is 16.6 Å². The van der Waals surface area contributed by atoms with Gasteiger partial charge in [0, 0.05) is 4.47 Å². The molecule has 1 atom stereocenters. The summed E-state index contributed by atoms with van der Waals surface area (Å²) in [7, 11) is -3.93. The molecule has 5 nitrogen and oxygen atoms in total. The van der Waals surface area contributed by atoms with Gasteiger partial charge in [0.25, 0.3) is 10.0 Å². The maximum absolute atomic E-state index is 13.4. The monoisotopic (exact) mass is 514 g/mol. The number of hydrogen-bond donors (Lipinski definition) is 1. The van der Waals surface area contributed by atoms with Gasteiger partial charge in [-0.3, -0.25) is 9.10 Å². The van der Waals surface area contributed by atoms with Gasteiger partial charge in [0.1, 0.15) is 6.54 Å². The van der Waals surface area contributed by atoms with Crippen molar-refractivity contribution in [3.63, 3.8) is 0 Å². The summed E-state index contributed by atoms with van der Waals surface area (Å²) in [5.74, 6) is -0.00179. The predicted octanol–water partition coefficient (Wildman–Crippen LogP) is 5.55. The Labute approximate surface area is 198 Å². The lowest BCUT2D eigenvalue weighted by molar-refractivity contribution is -0.120. The van der Waals surface area contributed by atoms with Crippen molar-refractivity contribution in [2.24, 2.45) is 5.92 Å². The molecule has 1 amide bonds. The molecule has 3 rings (SSSR count). The van der Waals surface area contributed by atoms with Crippen LogP contribution in [-0.4, -0.2) is 20.9 Å². The van der Waals surface area contributed by atoms with Crippen LogP contribution in [0.1, 0.15) is 31.9 Å². The number of carbonyl (C=O) groups is 1. The Balaban J connectivity index is 1.90. The Kier molecular flexibility index (Phi) is 8.10. The van der Waals surface area contributed by atoms with E-state index in [1.165, 1.54) is 12.1 Å². The van der Waals surface area contributed by atoms with Crippen molar-refractivity contribution in [2.75, 3.05) is 10.8 Å². The SMILES string of the molecule is CC(C)C[C@@H](NC(=O)CN(c1ccc(Br)cc1)S(=O)(=O)c1ccccc1)c1ccccc1. The van der Waals surface area contributed by atoms with E-state index in [4.69, 9.17) is 0 Å². The third-order valence-electron chi connectivity index (χ3n) is 4.98. The maximum Gasteiger partial charge on any atom is 0.264 e. The second kappa shape index (κ2) is 10.8. The molecule has 168 valence electrons. The lowest BCUT2D eigenvalue weighted by Crippen LogP contribution is -2.42. The third-order valence-corrected chi connectivity index (χ3v) is 7.29. The number of carbonyl (C=O) groups excluding carboxylic acids is 1. The number of nitrogens with one attached hydrogen (secondary N) is 1. The van der Waals surface area contributed by atoms with Gasteiger partial charge in [0.2, 0.25) is 5.91 Å². The molecule has 7 heteroatoms. The molecule has 0 saturated heterocycles. The second-order valence-corrected chi connectivity index (χ2v) is 10.7. The van der Waals surface area contributed by atoms with Crippen molar-refractivity contribution >= 4 is 37.5 Å². The summed E-state index contributed by atoms with van der Waals surface area (Å²) >= 11 is 3.38. The fraction of sp³-hybridized carbons (Fsp3) is 0.240. The molecule has 0 aliphatic heterocycles. The van der Waals surface area contributed by atoms with E-state index in [0.717, 1.165) is 20.8 Å². The normalized spacial score (nSPS) is 12.4. The summed E-state index contributed by atoms with van der Waals surface area (Å²) in [6, 6.07) is 24.6. The zero-order valence-corrected chi connectivity index (χ0v) is 20.5. The van der Waals surface area contributed by atoms with Crippen LogP contribution in [0.2, 0.25) is 0 Å². The van der Waals surface area contributed by atoms with E-state index < -0.39 is 10.0 Å². The molecule has 3 aromatic rings. The van der Waals surface area contributed by atoms with Gasteiger partial charge in [-0.15, -0.1) is 0 Å². The Bertz CT molecular complexity index is 1120. The number of hydrogen-bond acceptors (Lipinski definition) is 3. The van der Waals surface area contributed by atoms with Gasteiger partial charge < -0.3 is 5.32 Å². The van der Waals surface area contributed by atoms with Crippen molar-refractivity contribution in [3.05, 3.63) is 95.0 Å². The fourth-order valence-electron chi connectivity index (χ4n) is 3.45. The largest absolute Gasteiger partial charge is 0.348 e. The number of nitrogens with zero attached hydrogens (tertiary/aromatic N) is 1. The van der Waals surface area contributed by atoms with E-state index >= 15 is 0 Å². The third kappa shape index (κ3) is 6.20. The molecule has 32 heavy (non-hydrogen) atoms. The van der Waals surface area contributed by atoms with Crippen LogP contribution in [-0.2, 0) is 14.8 Å². The van der Waals surface area contributed by atoms with Crippen molar-refractivity contribution < 1.29 is 13.2 Å². The molecule has 0 fully saturated rings. The van der Waals surface area contributed by atoms with E-state index in [1.54, 1.807) is 42.5 Å². The van der Waals surface area contributed by atoms with Crippen LogP contribution < -0.4 is 9.62 Å². The minimum atomic E-state index is -3.93. The van der Waals surface area contributed by atoms with Crippen molar-refractivity contribution in [3.8, 4) is 0 Å². The summed E-state index contributed by atoms with van der Waals surface area (Å²) in [5, 5.41) is 3.05. The molecule has 3 aromatic carbocycles. The molecule has 0 saturated carbocycles. The van der Waals surface area contributed by atoms with E-state index in [9.17, 15) is 13.2 Å². The fourth-order valence-corrected chi connectivity index (χ4v) is 5.15. The van der Waals surface area contributed by atoms with Gasteiger partial charge in [-0.05, 0) is 54.3 Å². The Morgan fingerprint density at radius 1 is 0.906 bits per heavy atom. The molecule has 0 heterocycles. The van der Waals surface area contributed by atoms with E-state index in [0.29, 0.717) is 11.6 Å². The van der Waals surface area contributed by atoms with Crippen molar-refractivity contribution in [1.82, 2.24) is 5.32 Å². The Morgan fingerprint density at radius 2 is 1.47 bits per heavy atom. The summed E-state index contributed by atoms with van der Waals surface area (Å²) in [5.41, 5.74) is 1.42. The summed E-state index contributed by atoms with van der Waals surface area (Å²) in [4.78, 5) is 13.2. The number of anilines is 1. The van der Waals surface area contributed by atoms with Gasteiger partial charge in [0.15, 0.2) is 0 Å². The highest BCUT2D eigenvalue weighted by molar-refractivity contribution is 9.10. The van der Waals surface area contributed by atoms with E-state index in [2.05, 4.69) is 35.1 Å². The van der Waals surface area contributed by atoms with Gasteiger partial charge >= 0.3 is 0 Å². The van der Waals surface area contributed by atoms with E-state index in [1.807, 2.05) is 30.3 Å². The van der Waals surface area contributed by atoms with Crippen LogP contribution in [0.4, 0.5) is 5.69 Å². The smallest absolute Gasteiger partial charge is 0.264 e. The zero-order chi connectivity index (χ0) is 23.1. The minimum absolute atomic E-state index is 0.137. The molecule has 0 aromatic heterocycles. The molecule has 0 bridgehead atoms. The van der Waals surface area contributed by atoms with Gasteiger partial charge in [-0.25, -0.2) is 8.42 Å². The molecular formula is C25H27BrN2O3S. The standard InChI is InChI=1S/C25H27BrN2O3S/c1-19(2)17-24(20-9-5-3-6-10-20)27-25(29)18-28(22-15-13-21(26)14-16-22)32(30,31)23-11-7-4-8-12-23/h3-16,19,24H,17-18H2,1-2H3,(H,27,29)/t24-/m1/s1. The zero-order valence-electron chi connectivity index (χ0n) is 18.1. The first-order valence-corrected chi connectivity index (χ1v) is 12.7. The lowest BCUT2D eigenvalue weighted by Gasteiger charge is -2.26. The Morgan fingerprint density at radius 3 is 2.03 bits per heavy atom. The summed E-state index contributed by atoms with van der Waals surface area (Å²) in [6.07, 6.45) is 0.749. The van der Waals surface area contributed by atoms with Crippen LogP contribution in [0.3, 0.4) is 0 Å². The summed E-state index contributed by atoms with van der Waals surface area (Å²) < 4.78 is 28.8. The molecule has 0 spiro atoms. The van der Waals surface area contributed by atoms with Crippen molar-refractivity contribution in [1.29, 1.82) is 0 Å². The van der Waals surface area contributed by atoms with Crippen LogP contribution in [0.15, 0.2) is 94.3 Å². The lowest BCUT2D eigenvalue weighted by atomic mass is 9.97. The number of benzene rings is 3. The highest BCUT2D eigenvalue weighted by atomic mass is 79.9. The van der Waals surface area contributed by atoms with Crippen LogP contribution >= 0.6 is 15.9 Å². The molecule has 0 unspecified atom stereocenters. The first-order valence-electron chi connectivity index (χ1n) is 10.4. The number of halogens is 1. The molecule has 0 aliphatic carbocycles. The average Bonchev–Trinajstić information content (AvgIpc) is 2.78. The predicted molar refractivity (Wildman–Crippen MR) is 132 cm³/mol. The molecular weight excluding hydrogens is 488 g/mol. The first kappa shape index (κ1) is 24.0. The number of rotatable bonds is 9. The molecule has 1 N–H and O–H groups in total. The maximum atomic E-state index is 13.4. The van der Waals surface area contributed by atoms with Crippen molar-refractivity contribution in [2.45, 2.75) is 31.2 Å². The first-order chi connectivity index (χ1) is 15.3. The van der Waals surface area contributed by atoms with Gasteiger partial charge in [-0.1, -0.05) is 78.3 Å². The van der Waals surface area contributed by atoms with Crippen LogP contribution in [0.5, 0.6) is 0 Å². The number of sulfonamides is 1. The van der Waals surface area contributed by atoms with E-state index in [-0.39, 0.29) is 23.4 Å². The summed E-state index contributed by atoms with van der Waals surface area (Å²) in [6.45, 7) is 3.87. The highest BCUT2D eigenvalue weighted by Crippen LogP contribution is 2.26. The van der Waals surface area contributed by atoms with Gasteiger partial charge in [-0.2, -0.15) is 0 Å². The van der Waals surface area contributed by atoms with Crippen LogP contribution in [0.25, 0.3) is 0 Å². The number of amides is 1. The van der Waals surface area contributed by atoms with Crippen LogP contribution in [0, 0.1) is 5.92 Å². The molecule has 0 aliphatic rings. The topological polar surface area (TPSA) is 66.5 Å². The average molecular weight is 515 g/mol. The molecule has 0 radical (unpaired) electrons. The quantitative estimate of drug-likeness (QED) is 0.407. The Hall–Kier alpha value is -2.64.